The fourth-order valence-electron chi connectivity index (χ4n) is 4.19. The first-order chi connectivity index (χ1) is 14.5. The second-order valence-electron chi connectivity index (χ2n) is 7.80. The molecule has 0 atom stereocenters. The van der Waals surface area contributed by atoms with Gasteiger partial charge in [-0.3, -0.25) is 9.69 Å². The molecule has 2 aliphatic heterocycles. The zero-order valence-electron chi connectivity index (χ0n) is 16.9. The second-order valence-corrected chi connectivity index (χ2v) is 10.7. The van der Waals surface area contributed by atoms with Gasteiger partial charge in [-0.15, -0.1) is 23.7 Å². The van der Waals surface area contributed by atoms with Crippen molar-refractivity contribution in [1.82, 2.24) is 9.21 Å². The molecule has 0 saturated carbocycles. The molecule has 1 N–H and O–H groups in total. The van der Waals surface area contributed by atoms with Crippen molar-refractivity contribution in [2.24, 2.45) is 0 Å². The first kappa shape index (κ1) is 22.2. The molecule has 9 heteroatoms. The van der Waals surface area contributed by atoms with Crippen molar-refractivity contribution in [2.45, 2.75) is 24.3 Å². The number of hydrogen-bond donors (Lipinski definition) is 1. The molecule has 2 aromatic carbocycles. The number of halogens is 1. The van der Waals surface area contributed by atoms with Crippen LogP contribution >= 0.6 is 23.7 Å². The largest absolute Gasteiger partial charge is 0.326 e. The average Bonchev–Trinajstić information content (AvgIpc) is 3.16. The number of hydrogen-bond acceptors (Lipinski definition) is 5. The minimum absolute atomic E-state index is 0. The van der Waals surface area contributed by atoms with Gasteiger partial charge in [0.1, 0.15) is 0 Å². The molecule has 2 aliphatic rings. The highest BCUT2D eigenvalue weighted by molar-refractivity contribution is 7.89. The van der Waals surface area contributed by atoms with Gasteiger partial charge in [0.25, 0.3) is 0 Å². The zero-order valence-corrected chi connectivity index (χ0v) is 19.4. The molecule has 3 aromatic rings. The quantitative estimate of drug-likeness (QED) is 0.621. The van der Waals surface area contributed by atoms with E-state index in [9.17, 15) is 13.2 Å². The van der Waals surface area contributed by atoms with E-state index >= 15 is 0 Å². The van der Waals surface area contributed by atoms with Crippen LogP contribution in [-0.2, 0) is 27.8 Å². The van der Waals surface area contributed by atoms with Crippen molar-refractivity contribution in [2.75, 3.05) is 31.5 Å². The Labute approximate surface area is 192 Å². The van der Waals surface area contributed by atoms with E-state index in [2.05, 4.69) is 39.9 Å². The van der Waals surface area contributed by atoms with E-state index in [1.54, 1.807) is 33.8 Å². The van der Waals surface area contributed by atoms with Crippen LogP contribution < -0.4 is 5.32 Å². The number of anilines is 1. The molecule has 1 saturated heterocycles. The Morgan fingerprint density at radius 1 is 1.00 bits per heavy atom. The monoisotopic (exact) mass is 477 g/mol. The minimum atomic E-state index is -3.53. The standard InChI is InChI=1S/C22H23N3O3S2.ClH/c26-22-8-5-16-13-18(6-7-20(16)23-22)30(27,28)25-11-9-24(10-12-25)14-17-15-29-21-4-2-1-3-19(17)21;/h1-4,6-7,13,15H,5,8-12,14H2,(H,23,26);1H. The van der Waals surface area contributed by atoms with E-state index in [0.717, 1.165) is 17.8 Å². The van der Waals surface area contributed by atoms with Gasteiger partial charge in [0.2, 0.25) is 15.9 Å². The van der Waals surface area contributed by atoms with Gasteiger partial charge in [0.05, 0.1) is 4.90 Å². The fraction of sp³-hybridized carbons (Fsp3) is 0.318. The lowest BCUT2D eigenvalue weighted by atomic mass is 10.0. The fourth-order valence-corrected chi connectivity index (χ4v) is 6.62. The number of nitrogens with one attached hydrogen (secondary N) is 1. The number of carbonyl (C=O) groups is 1. The molecule has 0 bridgehead atoms. The van der Waals surface area contributed by atoms with E-state index < -0.39 is 10.0 Å². The Morgan fingerprint density at radius 3 is 2.58 bits per heavy atom. The molecule has 5 rings (SSSR count). The lowest BCUT2D eigenvalue weighted by Crippen LogP contribution is -2.48. The summed E-state index contributed by atoms with van der Waals surface area (Å²) in [4.78, 5) is 14.2. The smallest absolute Gasteiger partial charge is 0.243 e. The first-order valence-corrected chi connectivity index (χ1v) is 12.4. The van der Waals surface area contributed by atoms with Gasteiger partial charge < -0.3 is 5.32 Å². The average molecular weight is 478 g/mol. The molecule has 6 nitrogen and oxygen atoms in total. The maximum Gasteiger partial charge on any atom is 0.243 e. The number of benzene rings is 2. The van der Waals surface area contributed by atoms with E-state index in [1.807, 2.05) is 0 Å². The SMILES string of the molecule is Cl.O=C1CCc2cc(S(=O)(=O)N3CCN(Cc4csc5ccccc45)CC3)ccc2N1. The highest BCUT2D eigenvalue weighted by atomic mass is 35.5. The second kappa shape index (κ2) is 8.88. The summed E-state index contributed by atoms with van der Waals surface area (Å²) in [7, 11) is -3.53. The van der Waals surface area contributed by atoms with Crippen molar-refractivity contribution in [3.05, 3.63) is 59.0 Å². The Hall–Kier alpha value is -1.97. The maximum atomic E-state index is 13.2. The van der Waals surface area contributed by atoms with Crippen molar-refractivity contribution in [3.8, 4) is 0 Å². The third kappa shape index (κ3) is 4.36. The summed E-state index contributed by atoms with van der Waals surface area (Å²) in [6, 6.07) is 13.4. The molecule has 0 radical (unpaired) electrons. The predicted molar refractivity (Wildman–Crippen MR) is 127 cm³/mol. The first-order valence-electron chi connectivity index (χ1n) is 10.1. The zero-order chi connectivity index (χ0) is 20.7. The van der Waals surface area contributed by atoms with Gasteiger partial charge in [-0.05, 0) is 52.6 Å². The minimum Gasteiger partial charge on any atom is -0.326 e. The van der Waals surface area contributed by atoms with Crippen molar-refractivity contribution >= 4 is 55.4 Å². The van der Waals surface area contributed by atoms with Gasteiger partial charge >= 0.3 is 0 Å². The van der Waals surface area contributed by atoms with Crippen molar-refractivity contribution in [3.63, 3.8) is 0 Å². The number of aryl methyl sites for hydroxylation is 1. The molecule has 1 amide bonds. The van der Waals surface area contributed by atoms with Gasteiger partial charge in [-0.2, -0.15) is 4.31 Å². The van der Waals surface area contributed by atoms with Crippen LogP contribution in [0.1, 0.15) is 17.5 Å². The molecular formula is C22H24ClN3O3S2. The summed E-state index contributed by atoms with van der Waals surface area (Å²) in [6.07, 6.45) is 0.972. The van der Waals surface area contributed by atoms with E-state index in [0.29, 0.717) is 43.9 Å². The van der Waals surface area contributed by atoms with Crippen molar-refractivity contribution < 1.29 is 13.2 Å². The van der Waals surface area contributed by atoms with Crippen LogP contribution in [0.25, 0.3) is 10.1 Å². The number of amides is 1. The predicted octanol–water partition coefficient (Wildman–Crippen LogP) is 3.71. The summed E-state index contributed by atoms with van der Waals surface area (Å²) in [5.41, 5.74) is 2.92. The molecule has 1 fully saturated rings. The third-order valence-electron chi connectivity index (χ3n) is 5.90. The molecular weight excluding hydrogens is 454 g/mol. The summed E-state index contributed by atoms with van der Waals surface area (Å²) in [5, 5.41) is 6.30. The molecule has 3 heterocycles. The lowest BCUT2D eigenvalue weighted by Gasteiger charge is -2.34. The molecule has 1 aromatic heterocycles. The Balaban J connectivity index is 0.00000231. The number of rotatable bonds is 4. The Bertz CT molecular complexity index is 1220. The molecule has 0 aliphatic carbocycles. The highest BCUT2D eigenvalue weighted by Gasteiger charge is 2.29. The van der Waals surface area contributed by atoms with E-state index in [1.165, 1.54) is 15.6 Å². The normalized spacial score (nSPS) is 17.7. The number of sulfonamides is 1. The van der Waals surface area contributed by atoms with E-state index in [4.69, 9.17) is 0 Å². The van der Waals surface area contributed by atoms with Crippen LogP contribution in [0.4, 0.5) is 5.69 Å². The van der Waals surface area contributed by atoms with Crippen LogP contribution in [0.5, 0.6) is 0 Å². The topological polar surface area (TPSA) is 69.7 Å². The number of thiophene rings is 1. The van der Waals surface area contributed by atoms with Gasteiger partial charge in [0.15, 0.2) is 0 Å². The molecule has 31 heavy (non-hydrogen) atoms. The van der Waals surface area contributed by atoms with Gasteiger partial charge in [0, 0.05) is 49.5 Å². The number of fused-ring (bicyclic) bond motifs is 2. The van der Waals surface area contributed by atoms with Crippen molar-refractivity contribution in [1.29, 1.82) is 0 Å². The summed E-state index contributed by atoms with van der Waals surface area (Å²) >= 11 is 1.76. The van der Waals surface area contributed by atoms with Gasteiger partial charge in [-0.25, -0.2) is 8.42 Å². The van der Waals surface area contributed by atoms with Crippen LogP contribution in [0.3, 0.4) is 0 Å². The maximum absolute atomic E-state index is 13.2. The van der Waals surface area contributed by atoms with E-state index in [-0.39, 0.29) is 18.3 Å². The number of piperazine rings is 1. The van der Waals surface area contributed by atoms with Crippen LogP contribution in [0.15, 0.2) is 52.7 Å². The Kier molecular flexibility index (Phi) is 6.37. The summed E-state index contributed by atoms with van der Waals surface area (Å²) in [6.45, 7) is 3.24. The van der Waals surface area contributed by atoms with Crippen LogP contribution in [0, 0.1) is 0 Å². The summed E-state index contributed by atoms with van der Waals surface area (Å²) < 4.78 is 29.2. The van der Waals surface area contributed by atoms with Crippen LogP contribution in [0.2, 0.25) is 0 Å². The summed E-state index contributed by atoms with van der Waals surface area (Å²) in [5.74, 6) is -0.0207. The Morgan fingerprint density at radius 2 is 1.77 bits per heavy atom. The lowest BCUT2D eigenvalue weighted by molar-refractivity contribution is -0.116. The molecule has 164 valence electrons. The molecule has 0 spiro atoms. The third-order valence-corrected chi connectivity index (χ3v) is 8.80. The van der Waals surface area contributed by atoms with Gasteiger partial charge in [-0.1, -0.05) is 18.2 Å². The molecule has 0 unspecified atom stereocenters. The number of carbonyl (C=O) groups excluding carboxylic acids is 1. The van der Waals surface area contributed by atoms with Crippen LogP contribution in [-0.4, -0.2) is 49.7 Å². The highest BCUT2D eigenvalue weighted by Crippen LogP contribution is 2.29. The number of nitrogens with zero attached hydrogens (tertiary/aromatic N) is 2.